The summed E-state index contributed by atoms with van der Waals surface area (Å²) in [7, 11) is 6.04. The summed E-state index contributed by atoms with van der Waals surface area (Å²) in [6.07, 6.45) is 6.99. The monoisotopic (exact) mass is 442 g/mol. The van der Waals surface area contributed by atoms with Gasteiger partial charge >= 0.3 is 0 Å². The molecule has 134 valence electrons. The van der Waals surface area contributed by atoms with E-state index in [0.717, 1.165) is 19.0 Å². The van der Waals surface area contributed by atoms with E-state index in [1.165, 1.54) is 49.9 Å². The predicted molar refractivity (Wildman–Crippen MR) is 113 cm³/mol. The Morgan fingerprint density at radius 1 is 1.17 bits per heavy atom. The number of rotatable bonds is 3. The van der Waals surface area contributed by atoms with E-state index in [1.807, 2.05) is 7.05 Å². The minimum atomic E-state index is 0. The Morgan fingerprint density at radius 3 is 2.42 bits per heavy atom. The first-order valence-electron chi connectivity index (χ1n) is 8.84. The van der Waals surface area contributed by atoms with Crippen molar-refractivity contribution in [3.05, 3.63) is 29.8 Å². The number of nitrogens with one attached hydrogen (secondary N) is 1. The number of aliphatic imine (C=N–C) groups is 1. The predicted octanol–water partition coefficient (Wildman–Crippen LogP) is 3.71. The molecule has 0 bridgehead atoms. The van der Waals surface area contributed by atoms with E-state index in [9.17, 15) is 0 Å². The van der Waals surface area contributed by atoms with E-state index < -0.39 is 0 Å². The summed E-state index contributed by atoms with van der Waals surface area (Å²) in [4.78, 5) is 9.09. The zero-order valence-electron chi connectivity index (χ0n) is 15.2. The van der Waals surface area contributed by atoms with Gasteiger partial charge in [-0.25, -0.2) is 0 Å². The molecule has 0 aromatic heterocycles. The number of hydrogen-bond acceptors (Lipinski definition) is 2. The van der Waals surface area contributed by atoms with Gasteiger partial charge in [0.2, 0.25) is 0 Å². The second-order valence-corrected chi connectivity index (χ2v) is 7.34. The van der Waals surface area contributed by atoms with Crippen molar-refractivity contribution in [2.24, 2.45) is 10.4 Å². The summed E-state index contributed by atoms with van der Waals surface area (Å²) in [5.41, 5.74) is 3.12. The van der Waals surface area contributed by atoms with Crippen LogP contribution in [-0.2, 0) is 6.54 Å². The van der Waals surface area contributed by atoms with Gasteiger partial charge < -0.3 is 15.1 Å². The van der Waals surface area contributed by atoms with Gasteiger partial charge in [0, 0.05) is 46.5 Å². The first-order valence-corrected chi connectivity index (χ1v) is 8.84. The Balaban J connectivity index is 0.00000208. The Kier molecular flexibility index (Phi) is 6.78. The molecule has 1 aliphatic heterocycles. The van der Waals surface area contributed by atoms with Crippen LogP contribution in [0.5, 0.6) is 0 Å². The van der Waals surface area contributed by atoms with Gasteiger partial charge in [-0.05, 0) is 42.4 Å². The van der Waals surface area contributed by atoms with Crippen molar-refractivity contribution in [3.8, 4) is 0 Å². The quantitative estimate of drug-likeness (QED) is 0.440. The number of guanidine groups is 1. The van der Waals surface area contributed by atoms with Gasteiger partial charge in [0.05, 0.1) is 0 Å². The number of benzene rings is 1. The third-order valence-electron chi connectivity index (χ3n) is 5.52. The molecule has 1 aliphatic carbocycles. The number of hydrogen-bond donors (Lipinski definition) is 1. The van der Waals surface area contributed by atoms with E-state index >= 15 is 0 Å². The van der Waals surface area contributed by atoms with E-state index in [1.54, 1.807) is 0 Å². The van der Waals surface area contributed by atoms with Crippen molar-refractivity contribution in [1.29, 1.82) is 0 Å². The number of likely N-dealkylation sites (tertiary alicyclic amines) is 1. The van der Waals surface area contributed by atoms with Crippen LogP contribution in [0.1, 0.15) is 37.7 Å². The summed E-state index contributed by atoms with van der Waals surface area (Å²) in [5.74, 6) is 1.06. The minimum Gasteiger partial charge on any atom is -0.378 e. The maximum Gasteiger partial charge on any atom is 0.193 e. The molecule has 0 atom stereocenters. The average molecular weight is 442 g/mol. The Morgan fingerprint density at radius 2 is 1.83 bits per heavy atom. The third kappa shape index (κ3) is 4.35. The molecule has 1 spiro atoms. The molecule has 1 saturated carbocycles. The van der Waals surface area contributed by atoms with E-state index in [-0.39, 0.29) is 24.0 Å². The van der Waals surface area contributed by atoms with Crippen molar-refractivity contribution in [2.75, 3.05) is 39.1 Å². The molecular formula is C19H31IN4. The molecule has 3 rings (SSSR count). The largest absolute Gasteiger partial charge is 0.378 e. The molecule has 1 saturated heterocycles. The topological polar surface area (TPSA) is 30.9 Å². The first kappa shape index (κ1) is 19.3. The Bertz CT molecular complexity index is 547. The fourth-order valence-electron chi connectivity index (χ4n) is 4.07. The van der Waals surface area contributed by atoms with E-state index in [4.69, 9.17) is 0 Å². The number of nitrogens with zero attached hydrogens (tertiary/aromatic N) is 3. The van der Waals surface area contributed by atoms with E-state index in [0.29, 0.717) is 5.41 Å². The zero-order chi connectivity index (χ0) is 16.3. The fraction of sp³-hybridized carbons (Fsp3) is 0.632. The molecule has 1 heterocycles. The highest BCUT2D eigenvalue weighted by molar-refractivity contribution is 14.0. The minimum absolute atomic E-state index is 0. The van der Waals surface area contributed by atoms with Crippen LogP contribution in [0.2, 0.25) is 0 Å². The summed E-state index contributed by atoms with van der Waals surface area (Å²) in [6, 6.07) is 8.72. The standard InChI is InChI=1S/C19H30N4.HI/c1-20-18(23-13-12-19(15-23)10-4-5-11-19)21-14-16-6-8-17(9-7-16)22(2)3;/h6-9H,4-5,10-15H2,1-3H3,(H,20,21);1H. The lowest BCUT2D eigenvalue weighted by molar-refractivity contribution is 0.309. The smallest absolute Gasteiger partial charge is 0.193 e. The van der Waals surface area contributed by atoms with Gasteiger partial charge in [-0.15, -0.1) is 24.0 Å². The van der Waals surface area contributed by atoms with Gasteiger partial charge in [0.1, 0.15) is 0 Å². The molecule has 2 fully saturated rings. The third-order valence-corrected chi connectivity index (χ3v) is 5.52. The van der Waals surface area contributed by atoms with Crippen molar-refractivity contribution >= 4 is 35.6 Å². The van der Waals surface area contributed by atoms with Crippen LogP contribution in [0.4, 0.5) is 5.69 Å². The first-order chi connectivity index (χ1) is 11.1. The molecule has 1 aromatic carbocycles. The Labute approximate surface area is 163 Å². The lowest BCUT2D eigenvalue weighted by Gasteiger charge is -2.26. The van der Waals surface area contributed by atoms with Gasteiger partial charge in [-0.2, -0.15) is 0 Å². The van der Waals surface area contributed by atoms with Crippen molar-refractivity contribution < 1.29 is 0 Å². The molecule has 24 heavy (non-hydrogen) atoms. The molecule has 0 amide bonds. The normalized spacial score (nSPS) is 19.5. The highest BCUT2D eigenvalue weighted by atomic mass is 127. The molecule has 4 nitrogen and oxygen atoms in total. The average Bonchev–Trinajstić information content (AvgIpc) is 3.19. The zero-order valence-corrected chi connectivity index (χ0v) is 17.5. The molecule has 0 radical (unpaired) electrons. The van der Waals surface area contributed by atoms with Crippen LogP contribution in [0.25, 0.3) is 0 Å². The summed E-state index contributed by atoms with van der Waals surface area (Å²) in [5, 5.41) is 3.55. The van der Waals surface area contributed by atoms with Crippen LogP contribution >= 0.6 is 24.0 Å². The van der Waals surface area contributed by atoms with Crippen LogP contribution < -0.4 is 10.2 Å². The molecule has 1 aromatic rings. The van der Waals surface area contributed by atoms with Crippen molar-refractivity contribution in [3.63, 3.8) is 0 Å². The highest BCUT2D eigenvalue weighted by Gasteiger charge is 2.40. The summed E-state index contributed by atoms with van der Waals surface area (Å²) < 4.78 is 0. The molecule has 2 aliphatic rings. The molecule has 1 N–H and O–H groups in total. The highest BCUT2D eigenvalue weighted by Crippen LogP contribution is 2.45. The lowest BCUT2D eigenvalue weighted by atomic mass is 9.86. The van der Waals surface area contributed by atoms with Gasteiger partial charge in [-0.3, -0.25) is 4.99 Å². The van der Waals surface area contributed by atoms with Gasteiger partial charge in [0.15, 0.2) is 5.96 Å². The maximum absolute atomic E-state index is 4.51. The molecular weight excluding hydrogens is 411 g/mol. The van der Waals surface area contributed by atoms with Gasteiger partial charge in [-0.1, -0.05) is 25.0 Å². The summed E-state index contributed by atoms with van der Waals surface area (Å²) in [6.45, 7) is 3.18. The molecule has 0 unspecified atom stereocenters. The lowest BCUT2D eigenvalue weighted by Crippen LogP contribution is -2.40. The Hall–Kier alpha value is -0.980. The second-order valence-electron chi connectivity index (χ2n) is 7.34. The van der Waals surface area contributed by atoms with Crippen LogP contribution in [0.15, 0.2) is 29.3 Å². The van der Waals surface area contributed by atoms with Gasteiger partial charge in [0.25, 0.3) is 0 Å². The van der Waals surface area contributed by atoms with Crippen molar-refractivity contribution in [2.45, 2.75) is 38.6 Å². The summed E-state index contributed by atoms with van der Waals surface area (Å²) >= 11 is 0. The van der Waals surface area contributed by atoms with Crippen molar-refractivity contribution in [1.82, 2.24) is 10.2 Å². The second kappa shape index (κ2) is 8.41. The molecule has 5 heteroatoms. The fourth-order valence-corrected chi connectivity index (χ4v) is 4.07. The number of anilines is 1. The van der Waals surface area contributed by atoms with Crippen LogP contribution in [-0.4, -0.2) is 45.1 Å². The van der Waals surface area contributed by atoms with Crippen LogP contribution in [0, 0.1) is 5.41 Å². The SMILES string of the molecule is CN=C(NCc1ccc(N(C)C)cc1)N1CCC2(CCCC2)C1.I. The maximum atomic E-state index is 4.51. The van der Waals surface area contributed by atoms with E-state index in [2.05, 4.69) is 58.5 Å². The number of halogens is 1. The van der Waals surface area contributed by atoms with Crippen LogP contribution in [0.3, 0.4) is 0 Å².